The Morgan fingerprint density at radius 1 is 1.34 bits per heavy atom. The molecule has 1 aromatic rings. The van der Waals surface area contributed by atoms with Crippen LogP contribution >= 0.6 is 15.9 Å². The van der Waals surface area contributed by atoms with E-state index in [0.717, 1.165) is 87.2 Å². The number of aromatic nitrogens is 1. The summed E-state index contributed by atoms with van der Waals surface area (Å²) in [6.45, 7) is 8.53. The van der Waals surface area contributed by atoms with Crippen LogP contribution in [0.5, 0.6) is 0 Å². The van der Waals surface area contributed by atoms with Crippen molar-refractivity contribution in [3.63, 3.8) is 0 Å². The summed E-state index contributed by atoms with van der Waals surface area (Å²) in [5.74, 6) is 0.862. The highest BCUT2D eigenvalue weighted by molar-refractivity contribution is 9.10. The molecule has 0 aliphatic carbocycles. The first-order valence-electron chi connectivity index (χ1n) is 11.1. The zero-order chi connectivity index (χ0) is 20.7. The molecule has 4 rings (SSSR count). The zero-order valence-corrected chi connectivity index (χ0v) is 19.3. The molecule has 0 aromatic carbocycles. The van der Waals surface area contributed by atoms with Gasteiger partial charge in [-0.3, -0.25) is 4.79 Å². The SMILES string of the molecule is CC.O=C1Nc2ncc(Br)cc2CC12CCN(CCCOC1CCCCO1)CC2. The fourth-order valence-corrected chi connectivity index (χ4v) is 4.75. The van der Waals surface area contributed by atoms with Crippen LogP contribution in [0, 0.1) is 5.41 Å². The van der Waals surface area contributed by atoms with Crippen molar-refractivity contribution in [1.29, 1.82) is 0 Å². The molecule has 2 saturated heterocycles. The molecule has 1 unspecified atom stereocenters. The van der Waals surface area contributed by atoms with Crippen molar-refractivity contribution in [2.24, 2.45) is 5.41 Å². The predicted octanol–water partition coefficient (Wildman–Crippen LogP) is 4.38. The number of nitrogens with one attached hydrogen (secondary N) is 1. The molecule has 1 atom stereocenters. The third kappa shape index (κ3) is 5.78. The Hall–Kier alpha value is -1.02. The first-order valence-corrected chi connectivity index (χ1v) is 11.9. The Labute approximate surface area is 182 Å². The highest BCUT2D eigenvalue weighted by Crippen LogP contribution is 2.41. The van der Waals surface area contributed by atoms with Crippen molar-refractivity contribution in [2.45, 2.75) is 65.1 Å². The highest BCUT2D eigenvalue weighted by atomic mass is 79.9. The standard InChI is InChI=1S/C20H28BrN3O3.C2H6/c21-16-12-15-13-20(19(25)23-18(15)22-14-16)5-8-24(9-6-20)7-3-11-27-17-4-1-2-10-26-17;1-2/h12,14,17H,1-11,13H2,(H,22,23,25);1-2H3. The maximum Gasteiger partial charge on any atom is 0.232 e. The molecule has 6 nitrogen and oxygen atoms in total. The molecule has 1 N–H and O–H groups in total. The Balaban J connectivity index is 0.00000117. The minimum atomic E-state index is -0.279. The number of carbonyl (C=O) groups excluding carboxylic acids is 1. The lowest BCUT2D eigenvalue weighted by Gasteiger charge is -2.43. The van der Waals surface area contributed by atoms with Gasteiger partial charge in [0.2, 0.25) is 5.91 Å². The van der Waals surface area contributed by atoms with E-state index >= 15 is 0 Å². The van der Waals surface area contributed by atoms with E-state index in [1.54, 1.807) is 6.20 Å². The highest BCUT2D eigenvalue weighted by Gasteiger charge is 2.44. The van der Waals surface area contributed by atoms with Crippen LogP contribution in [0.15, 0.2) is 16.7 Å². The third-order valence-corrected chi connectivity index (χ3v) is 6.48. The zero-order valence-electron chi connectivity index (χ0n) is 17.7. The van der Waals surface area contributed by atoms with Crippen LogP contribution in [0.4, 0.5) is 5.82 Å². The predicted molar refractivity (Wildman–Crippen MR) is 118 cm³/mol. The van der Waals surface area contributed by atoms with E-state index in [2.05, 4.69) is 37.2 Å². The lowest BCUT2D eigenvalue weighted by molar-refractivity contribution is -0.163. The van der Waals surface area contributed by atoms with Gasteiger partial charge in [0.05, 0.1) is 12.0 Å². The minimum Gasteiger partial charge on any atom is -0.353 e. The number of ether oxygens (including phenoxy) is 2. The molecule has 1 aromatic heterocycles. The van der Waals surface area contributed by atoms with E-state index in [-0.39, 0.29) is 17.6 Å². The van der Waals surface area contributed by atoms with Gasteiger partial charge in [0.15, 0.2) is 6.29 Å². The summed E-state index contributed by atoms with van der Waals surface area (Å²) in [5.41, 5.74) is 0.858. The molecule has 29 heavy (non-hydrogen) atoms. The molecule has 1 spiro atoms. The number of piperidine rings is 1. The number of pyridine rings is 1. The summed E-state index contributed by atoms with van der Waals surface area (Å²) in [7, 11) is 0. The van der Waals surface area contributed by atoms with E-state index < -0.39 is 0 Å². The number of rotatable bonds is 5. The smallest absolute Gasteiger partial charge is 0.232 e. The minimum absolute atomic E-state index is 0.00214. The van der Waals surface area contributed by atoms with Crippen molar-refractivity contribution in [2.75, 3.05) is 38.2 Å². The first kappa shape index (κ1) is 22.7. The van der Waals surface area contributed by atoms with E-state index in [1.807, 2.05) is 13.8 Å². The van der Waals surface area contributed by atoms with Gasteiger partial charge in [-0.15, -0.1) is 0 Å². The van der Waals surface area contributed by atoms with Gasteiger partial charge in [0, 0.05) is 23.8 Å². The topological polar surface area (TPSA) is 63.7 Å². The fourth-order valence-electron chi connectivity index (χ4n) is 4.37. The van der Waals surface area contributed by atoms with E-state index in [9.17, 15) is 4.79 Å². The number of halogens is 1. The Bertz CT molecular complexity index is 671. The number of hydrogen-bond donors (Lipinski definition) is 1. The van der Waals surface area contributed by atoms with Crippen molar-refractivity contribution >= 4 is 27.7 Å². The van der Waals surface area contributed by atoms with Gasteiger partial charge < -0.3 is 19.7 Å². The number of nitrogens with zero attached hydrogens (tertiary/aromatic N) is 2. The maximum absolute atomic E-state index is 12.7. The van der Waals surface area contributed by atoms with Gasteiger partial charge in [-0.2, -0.15) is 0 Å². The molecule has 3 aliphatic heterocycles. The van der Waals surface area contributed by atoms with Gasteiger partial charge in [0.1, 0.15) is 5.82 Å². The summed E-state index contributed by atoms with van der Waals surface area (Å²) in [5, 5.41) is 3.03. The lowest BCUT2D eigenvalue weighted by Crippen LogP contribution is -2.50. The van der Waals surface area contributed by atoms with Crippen molar-refractivity contribution in [1.82, 2.24) is 9.88 Å². The third-order valence-electron chi connectivity index (χ3n) is 6.05. The molecule has 0 radical (unpaired) electrons. The van der Waals surface area contributed by atoms with E-state index in [4.69, 9.17) is 9.47 Å². The maximum atomic E-state index is 12.7. The molecule has 1 amide bonds. The monoisotopic (exact) mass is 467 g/mol. The largest absolute Gasteiger partial charge is 0.353 e. The van der Waals surface area contributed by atoms with Crippen LogP contribution in [0.3, 0.4) is 0 Å². The molecule has 2 fully saturated rings. The van der Waals surface area contributed by atoms with Crippen molar-refractivity contribution in [3.8, 4) is 0 Å². The van der Waals surface area contributed by atoms with Gasteiger partial charge in [0.25, 0.3) is 0 Å². The van der Waals surface area contributed by atoms with Gasteiger partial charge >= 0.3 is 0 Å². The molecule has 7 heteroatoms. The number of carbonyl (C=O) groups is 1. The fraction of sp³-hybridized carbons (Fsp3) is 0.727. The molecule has 0 bridgehead atoms. The second-order valence-electron chi connectivity index (χ2n) is 7.93. The van der Waals surface area contributed by atoms with Crippen molar-refractivity contribution < 1.29 is 14.3 Å². The Morgan fingerprint density at radius 2 is 2.14 bits per heavy atom. The number of likely N-dealkylation sites (tertiary alicyclic amines) is 1. The van der Waals surface area contributed by atoms with Crippen LogP contribution in [-0.2, 0) is 20.7 Å². The van der Waals surface area contributed by atoms with Gasteiger partial charge in [-0.1, -0.05) is 13.8 Å². The normalized spacial score (nSPS) is 23.7. The second kappa shape index (κ2) is 10.8. The summed E-state index contributed by atoms with van der Waals surface area (Å²) >= 11 is 3.49. The van der Waals surface area contributed by atoms with Crippen LogP contribution in [0.25, 0.3) is 0 Å². The Kier molecular flexibility index (Phi) is 8.47. The lowest BCUT2D eigenvalue weighted by atomic mass is 9.71. The Morgan fingerprint density at radius 3 is 2.86 bits per heavy atom. The van der Waals surface area contributed by atoms with Crippen molar-refractivity contribution in [3.05, 3.63) is 22.3 Å². The number of hydrogen-bond acceptors (Lipinski definition) is 5. The summed E-state index contributed by atoms with van der Waals surface area (Å²) in [6, 6.07) is 2.08. The molecular weight excluding hydrogens is 434 g/mol. The van der Waals surface area contributed by atoms with Crippen LogP contribution in [0.2, 0.25) is 0 Å². The van der Waals surface area contributed by atoms with Gasteiger partial charge in [-0.25, -0.2) is 4.98 Å². The molecule has 4 heterocycles. The van der Waals surface area contributed by atoms with Gasteiger partial charge in [-0.05, 0) is 85.6 Å². The van der Waals surface area contributed by atoms with Crippen LogP contribution < -0.4 is 5.32 Å². The summed E-state index contributed by atoms with van der Waals surface area (Å²) in [6.07, 6.45) is 8.72. The average molecular weight is 468 g/mol. The molecular formula is C22H34BrN3O3. The number of amides is 1. The molecule has 162 valence electrons. The first-order chi connectivity index (χ1) is 14.1. The quantitative estimate of drug-likeness (QED) is 0.650. The van der Waals surface area contributed by atoms with E-state index in [0.29, 0.717) is 0 Å². The second-order valence-corrected chi connectivity index (χ2v) is 8.85. The van der Waals surface area contributed by atoms with Crippen LogP contribution in [-0.4, -0.2) is 54.9 Å². The number of anilines is 1. The summed E-state index contributed by atoms with van der Waals surface area (Å²) < 4.78 is 12.4. The summed E-state index contributed by atoms with van der Waals surface area (Å²) in [4.78, 5) is 19.5. The number of fused-ring (bicyclic) bond motifs is 1. The molecule has 3 aliphatic rings. The van der Waals surface area contributed by atoms with E-state index in [1.165, 1.54) is 6.42 Å². The molecule has 0 saturated carbocycles. The average Bonchev–Trinajstić information content (AvgIpc) is 2.76. The van der Waals surface area contributed by atoms with Crippen LogP contribution in [0.1, 0.15) is 57.9 Å².